The van der Waals surface area contributed by atoms with Gasteiger partial charge in [0.2, 0.25) is 0 Å². The number of nitrogens with zero attached hydrogens (tertiary/aromatic N) is 2. The van der Waals surface area contributed by atoms with Crippen LogP contribution in [0, 0.1) is 12.1 Å². The minimum Gasteiger partial charge on any atom is -0.312 e. The fourth-order valence-corrected chi connectivity index (χ4v) is 8.04. The molecule has 9 aromatic rings. The Labute approximate surface area is 291 Å². The molecule has 0 saturated carbocycles. The third kappa shape index (κ3) is 4.52. The largest absolute Gasteiger partial charge is 0.312 e. The Hall–Kier alpha value is -6.56. The van der Waals surface area contributed by atoms with E-state index in [1.807, 2.05) is 12.1 Å². The fraction of sp³-hybridized carbons (Fsp3) is 0.0417. The van der Waals surface area contributed by atoms with Crippen molar-refractivity contribution in [3.63, 3.8) is 0 Å². The molecule has 0 aliphatic heterocycles. The SMILES string of the molecule is c1cccc(-c2ccccc2-n2c3c(c4ccccc42)C=C(c2ccc4c(c2)c2ccccc2n4-c2cccc(-c4ccccc4)c2)CC3)c#1. The quantitative estimate of drug-likeness (QED) is 0.178. The van der Waals surface area contributed by atoms with Gasteiger partial charge in [0.25, 0.3) is 0 Å². The Bertz CT molecular complexity index is 2740. The first-order chi connectivity index (χ1) is 24.8. The van der Waals surface area contributed by atoms with Gasteiger partial charge in [-0.2, -0.15) is 0 Å². The van der Waals surface area contributed by atoms with Gasteiger partial charge in [0.15, 0.2) is 0 Å². The summed E-state index contributed by atoms with van der Waals surface area (Å²) in [7, 11) is 0. The first-order valence-corrected chi connectivity index (χ1v) is 17.3. The summed E-state index contributed by atoms with van der Waals surface area (Å²) in [6, 6.07) is 65.5. The molecule has 10 rings (SSSR count). The minimum atomic E-state index is 0.959. The molecule has 0 spiro atoms. The second-order valence-corrected chi connectivity index (χ2v) is 13.1. The zero-order valence-corrected chi connectivity index (χ0v) is 27.5. The van der Waals surface area contributed by atoms with E-state index in [2.05, 4.69) is 179 Å². The summed E-state index contributed by atoms with van der Waals surface area (Å²) in [6.07, 6.45) is 4.38. The summed E-state index contributed by atoms with van der Waals surface area (Å²) in [6.45, 7) is 0. The van der Waals surface area contributed by atoms with Crippen molar-refractivity contribution in [2.75, 3.05) is 0 Å². The minimum absolute atomic E-state index is 0.959. The average Bonchev–Trinajstić information content (AvgIpc) is 3.71. The van der Waals surface area contributed by atoms with Gasteiger partial charge in [0, 0.05) is 44.2 Å². The van der Waals surface area contributed by atoms with Crippen molar-refractivity contribution in [3.8, 4) is 33.6 Å². The van der Waals surface area contributed by atoms with E-state index in [-0.39, 0.29) is 0 Å². The number of hydrogen-bond donors (Lipinski definition) is 0. The topological polar surface area (TPSA) is 9.86 Å². The highest BCUT2D eigenvalue weighted by molar-refractivity contribution is 6.11. The molecule has 1 aliphatic carbocycles. The molecule has 2 nitrogen and oxygen atoms in total. The maximum absolute atomic E-state index is 3.34. The first-order valence-electron chi connectivity index (χ1n) is 17.3. The van der Waals surface area contributed by atoms with E-state index in [1.54, 1.807) is 0 Å². The van der Waals surface area contributed by atoms with E-state index in [0.717, 1.165) is 18.4 Å². The van der Waals surface area contributed by atoms with Gasteiger partial charge in [0.1, 0.15) is 0 Å². The van der Waals surface area contributed by atoms with Crippen LogP contribution in [0.15, 0.2) is 164 Å². The molecule has 0 radical (unpaired) electrons. The summed E-state index contributed by atoms with van der Waals surface area (Å²) in [5.41, 5.74) is 16.0. The highest BCUT2D eigenvalue weighted by Gasteiger charge is 2.24. The van der Waals surface area contributed by atoms with Crippen LogP contribution in [0.1, 0.15) is 23.2 Å². The van der Waals surface area contributed by atoms with Gasteiger partial charge >= 0.3 is 0 Å². The second-order valence-electron chi connectivity index (χ2n) is 13.1. The number of hydrogen-bond acceptors (Lipinski definition) is 0. The molecule has 234 valence electrons. The molecule has 1 aliphatic rings. The van der Waals surface area contributed by atoms with E-state index in [1.165, 1.54) is 83.2 Å². The van der Waals surface area contributed by atoms with Gasteiger partial charge in [-0.25, -0.2) is 0 Å². The lowest BCUT2D eigenvalue weighted by atomic mass is 9.90. The third-order valence-electron chi connectivity index (χ3n) is 10.3. The van der Waals surface area contributed by atoms with Crippen molar-refractivity contribution in [1.82, 2.24) is 9.13 Å². The molecule has 0 saturated heterocycles. The lowest BCUT2D eigenvalue weighted by Gasteiger charge is -2.19. The Morgan fingerprint density at radius 1 is 0.480 bits per heavy atom. The van der Waals surface area contributed by atoms with E-state index in [4.69, 9.17) is 0 Å². The molecular weight excluding hydrogens is 605 g/mol. The normalized spacial score (nSPS) is 12.6. The second kappa shape index (κ2) is 11.5. The number of fused-ring (bicyclic) bond motifs is 6. The van der Waals surface area contributed by atoms with Crippen LogP contribution in [0.25, 0.3) is 78.0 Å². The molecule has 0 unspecified atom stereocenters. The Morgan fingerprint density at radius 3 is 2.08 bits per heavy atom. The standard InChI is InChI=1S/C48H32N2/c1-3-14-33(15-4-1)35-18-13-19-38(30-35)49-45-24-11-8-21-40(45)42-31-36(26-28-47(42)49)37-27-29-48-43(32-37)41-22-9-12-25-46(41)50(48)44-23-10-7-20-39(44)34-16-5-2-6-17-34/h1-5,7-16,18-26,28,30-32H,27,29H2. The van der Waals surface area contributed by atoms with Crippen molar-refractivity contribution >= 4 is 44.4 Å². The first kappa shape index (κ1) is 28.5. The number of allylic oxidation sites excluding steroid dienone is 1. The van der Waals surface area contributed by atoms with Crippen molar-refractivity contribution < 1.29 is 0 Å². The monoisotopic (exact) mass is 636 g/mol. The Morgan fingerprint density at radius 2 is 1.22 bits per heavy atom. The van der Waals surface area contributed by atoms with Gasteiger partial charge in [0.05, 0.1) is 22.2 Å². The molecule has 7 aromatic carbocycles. The summed E-state index contributed by atoms with van der Waals surface area (Å²) >= 11 is 0. The molecule has 0 N–H and O–H groups in total. The maximum Gasteiger partial charge on any atom is 0.0543 e. The smallest absolute Gasteiger partial charge is 0.0543 e. The van der Waals surface area contributed by atoms with Gasteiger partial charge in [-0.05, 0) is 95.8 Å². The summed E-state index contributed by atoms with van der Waals surface area (Å²) < 4.78 is 4.90. The molecule has 0 atom stereocenters. The zero-order chi connectivity index (χ0) is 33.0. The van der Waals surface area contributed by atoms with E-state index in [0.29, 0.717) is 0 Å². The highest BCUT2D eigenvalue weighted by Crippen LogP contribution is 2.42. The van der Waals surface area contributed by atoms with Crippen LogP contribution >= 0.6 is 0 Å². The van der Waals surface area contributed by atoms with Crippen LogP contribution in [0.5, 0.6) is 0 Å². The van der Waals surface area contributed by atoms with Gasteiger partial charge in [-0.1, -0.05) is 121 Å². The maximum atomic E-state index is 3.34. The lowest BCUT2D eigenvalue weighted by molar-refractivity contribution is 0.899. The molecule has 2 aromatic heterocycles. The van der Waals surface area contributed by atoms with Crippen LogP contribution in [0.2, 0.25) is 0 Å². The third-order valence-corrected chi connectivity index (χ3v) is 10.3. The van der Waals surface area contributed by atoms with Crippen molar-refractivity contribution in [3.05, 3.63) is 193 Å². The molecule has 0 fully saturated rings. The van der Waals surface area contributed by atoms with Gasteiger partial charge in [-0.3, -0.25) is 0 Å². The van der Waals surface area contributed by atoms with Crippen LogP contribution in [-0.2, 0) is 6.42 Å². The Balaban J connectivity index is 1.12. The summed E-state index contributed by atoms with van der Waals surface area (Å²) in [5.74, 6) is 0. The number of aromatic nitrogens is 2. The van der Waals surface area contributed by atoms with Gasteiger partial charge in [-0.15, -0.1) is 0 Å². The molecule has 2 heteroatoms. The molecule has 50 heavy (non-hydrogen) atoms. The fourth-order valence-electron chi connectivity index (χ4n) is 8.04. The number of para-hydroxylation sites is 3. The van der Waals surface area contributed by atoms with Crippen LogP contribution in [0.4, 0.5) is 0 Å². The van der Waals surface area contributed by atoms with Crippen molar-refractivity contribution in [2.24, 2.45) is 0 Å². The van der Waals surface area contributed by atoms with Gasteiger partial charge < -0.3 is 9.13 Å². The molecule has 0 bridgehead atoms. The zero-order valence-electron chi connectivity index (χ0n) is 27.5. The predicted octanol–water partition coefficient (Wildman–Crippen LogP) is 12.1. The van der Waals surface area contributed by atoms with E-state index >= 15 is 0 Å². The Kier molecular flexibility index (Phi) is 6.57. The number of rotatable bonds is 5. The summed E-state index contributed by atoms with van der Waals surface area (Å²) in [4.78, 5) is 0. The van der Waals surface area contributed by atoms with Crippen LogP contribution in [-0.4, -0.2) is 9.13 Å². The average molecular weight is 637 g/mol. The molecular formula is C48H32N2. The predicted molar refractivity (Wildman–Crippen MR) is 209 cm³/mol. The van der Waals surface area contributed by atoms with Crippen molar-refractivity contribution in [1.29, 1.82) is 0 Å². The highest BCUT2D eigenvalue weighted by atomic mass is 15.0. The molecule has 2 heterocycles. The van der Waals surface area contributed by atoms with E-state index < -0.39 is 0 Å². The summed E-state index contributed by atoms with van der Waals surface area (Å²) in [5, 5.41) is 3.84. The van der Waals surface area contributed by atoms with Crippen molar-refractivity contribution in [2.45, 2.75) is 12.8 Å². The van der Waals surface area contributed by atoms with E-state index in [9.17, 15) is 0 Å². The molecule has 0 amide bonds. The lowest BCUT2D eigenvalue weighted by Crippen LogP contribution is -2.06. The number of benzene rings is 6. The van der Waals surface area contributed by atoms with Crippen LogP contribution < -0.4 is 0 Å². The van der Waals surface area contributed by atoms with Crippen LogP contribution in [0.3, 0.4) is 0 Å².